The second-order valence-corrected chi connectivity index (χ2v) is 16.7. The maximum atomic E-state index is 15.1. The molecule has 4 fully saturated rings. The first kappa shape index (κ1) is 32.0. The van der Waals surface area contributed by atoms with Gasteiger partial charge in [0.1, 0.15) is 5.82 Å². The summed E-state index contributed by atoms with van der Waals surface area (Å²) in [5, 5.41) is 19.5. The number of nitrogens with zero attached hydrogens (tertiary/aromatic N) is 2. The highest BCUT2D eigenvalue weighted by Crippen LogP contribution is 2.76. The molecule has 7 heteroatoms. The van der Waals surface area contributed by atoms with Crippen molar-refractivity contribution in [1.29, 1.82) is 0 Å². The molecule has 0 spiro atoms. The Morgan fingerprint density at radius 1 is 1.00 bits per heavy atom. The summed E-state index contributed by atoms with van der Waals surface area (Å²) in [6.45, 7) is 16.6. The molecule has 1 aromatic carbocycles. The molecule has 0 bridgehead atoms. The van der Waals surface area contributed by atoms with E-state index in [1.54, 1.807) is 6.07 Å². The number of hydrogen-bond donors (Lipinski definition) is 3. The quantitative estimate of drug-likeness (QED) is 0.137. The van der Waals surface area contributed by atoms with Gasteiger partial charge in [0.15, 0.2) is 0 Å². The van der Waals surface area contributed by atoms with Crippen LogP contribution in [0, 0.1) is 62.5 Å². The van der Waals surface area contributed by atoms with Gasteiger partial charge < -0.3 is 16.6 Å². The molecule has 0 aliphatic heterocycles. The molecule has 6 nitrogen and oxygen atoms in total. The second-order valence-electron chi connectivity index (χ2n) is 16.7. The van der Waals surface area contributed by atoms with Crippen molar-refractivity contribution in [2.75, 3.05) is 0 Å². The van der Waals surface area contributed by atoms with Crippen LogP contribution in [-0.2, 0) is 4.79 Å². The van der Waals surface area contributed by atoms with Gasteiger partial charge in [0.2, 0.25) is 5.96 Å². The van der Waals surface area contributed by atoms with Crippen LogP contribution >= 0.6 is 0 Å². The third-order valence-electron chi connectivity index (χ3n) is 14.5. The third-order valence-corrected chi connectivity index (χ3v) is 14.5. The SMILES string of the molecule is C[C@H]1[C@H](C)CC[C@]2(C(=O)O)CC[C@]3(C)C(=CC[C@@H]4[C@@]5(C)CC(=C\c6ccccc6F)/C(=N\N=C(N)N)C(C)(C)[C@@H]5CC[C@]43C)[C@H]12. The van der Waals surface area contributed by atoms with Crippen molar-refractivity contribution >= 4 is 23.7 Å². The number of allylic oxidation sites excluding steroid dienone is 3. The Bertz CT molecular complexity index is 1520. The second kappa shape index (κ2) is 10.5. The topological polar surface area (TPSA) is 114 Å². The largest absolute Gasteiger partial charge is 0.481 e. The molecule has 4 saturated carbocycles. The molecule has 0 unspecified atom stereocenters. The van der Waals surface area contributed by atoms with Gasteiger partial charge in [-0.2, -0.15) is 5.10 Å². The standard InChI is InChI=1S/C38H53FN4O2/c1-22-14-17-38(32(44)45)19-18-36(6)26(30(38)23(22)2)12-13-29-35(5)21-25(20-24-10-8-9-11-27(24)39)31(42-43-33(40)41)34(3,4)28(35)15-16-37(29,36)7/h8-12,20,22-23,28-30H,13-19,21H2,1-7H3,(H,44,45)(H4,40,41,43)/b25-20+,42-31+/t22-,23+,28+,29-,30+,35+,36-,37-,38+/m1/s1. The minimum absolute atomic E-state index is 0.00107. The van der Waals surface area contributed by atoms with Crippen molar-refractivity contribution in [2.24, 2.45) is 78.3 Å². The van der Waals surface area contributed by atoms with Gasteiger partial charge >= 0.3 is 5.97 Å². The maximum absolute atomic E-state index is 15.1. The van der Waals surface area contributed by atoms with Gasteiger partial charge in [-0.1, -0.05) is 78.3 Å². The number of carboxylic acids is 1. The molecular weight excluding hydrogens is 563 g/mol. The molecule has 5 aliphatic rings. The fourth-order valence-corrected chi connectivity index (χ4v) is 11.9. The molecular formula is C38H53FN4O2. The molecule has 0 radical (unpaired) electrons. The average molecular weight is 617 g/mol. The molecule has 5 N–H and O–H groups in total. The van der Waals surface area contributed by atoms with Crippen LogP contribution in [0.3, 0.4) is 0 Å². The number of aliphatic carboxylic acids is 1. The maximum Gasteiger partial charge on any atom is 0.310 e. The van der Waals surface area contributed by atoms with Crippen LogP contribution in [0.2, 0.25) is 0 Å². The van der Waals surface area contributed by atoms with Gasteiger partial charge in [-0.3, -0.25) is 4.79 Å². The number of fused-ring (bicyclic) bond motifs is 7. The van der Waals surface area contributed by atoms with Crippen LogP contribution in [0.5, 0.6) is 0 Å². The van der Waals surface area contributed by atoms with Gasteiger partial charge in [0.25, 0.3) is 0 Å². The predicted octanol–water partition coefficient (Wildman–Crippen LogP) is 8.19. The van der Waals surface area contributed by atoms with E-state index in [2.05, 4.69) is 64.7 Å². The van der Waals surface area contributed by atoms with Gasteiger partial charge in [0.05, 0.1) is 11.1 Å². The van der Waals surface area contributed by atoms with E-state index < -0.39 is 11.4 Å². The number of halogens is 1. The van der Waals surface area contributed by atoms with Crippen molar-refractivity contribution in [3.63, 3.8) is 0 Å². The van der Waals surface area contributed by atoms with Gasteiger partial charge in [0, 0.05) is 11.0 Å². The average Bonchev–Trinajstić information content (AvgIpc) is 2.95. The van der Waals surface area contributed by atoms with Gasteiger partial charge in [-0.15, -0.1) is 5.10 Å². The first-order valence-corrected chi connectivity index (χ1v) is 17.1. The first-order valence-electron chi connectivity index (χ1n) is 17.1. The van der Waals surface area contributed by atoms with Crippen molar-refractivity contribution in [3.05, 3.63) is 52.9 Å². The zero-order chi connectivity index (χ0) is 32.7. The summed E-state index contributed by atoms with van der Waals surface area (Å²) >= 11 is 0. The van der Waals surface area contributed by atoms with E-state index in [4.69, 9.17) is 11.5 Å². The van der Waals surface area contributed by atoms with E-state index in [1.807, 2.05) is 18.2 Å². The van der Waals surface area contributed by atoms with E-state index >= 15 is 4.39 Å². The van der Waals surface area contributed by atoms with Crippen molar-refractivity contribution < 1.29 is 14.3 Å². The number of benzene rings is 1. The minimum atomic E-state index is -0.652. The fourth-order valence-electron chi connectivity index (χ4n) is 11.9. The molecule has 244 valence electrons. The molecule has 0 amide bonds. The van der Waals surface area contributed by atoms with E-state index in [9.17, 15) is 9.90 Å². The van der Waals surface area contributed by atoms with Crippen LogP contribution in [0.15, 0.2) is 51.7 Å². The number of guanidine groups is 1. The lowest BCUT2D eigenvalue weighted by atomic mass is 9.33. The Hall–Kier alpha value is -2.96. The minimum Gasteiger partial charge on any atom is -0.481 e. The normalized spacial score (nSPS) is 43.7. The first-order chi connectivity index (χ1) is 21.0. The smallest absolute Gasteiger partial charge is 0.310 e. The lowest BCUT2D eigenvalue weighted by Crippen LogP contribution is -2.65. The van der Waals surface area contributed by atoms with Crippen LogP contribution in [0.1, 0.15) is 105 Å². The Labute approximate surface area is 268 Å². The summed E-state index contributed by atoms with van der Waals surface area (Å²) in [5.41, 5.74) is 14.1. The van der Waals surface area contributed by atoms with Crippen molar-refractivity contribution in [2.45, 2.75) is 99.8 Å². The summed E-state index contributed by atoms with van der Waals surface area (Å²) in [4.78, 5) is 13.1. The number of carbonyl (C=O) groups is 1. The molecule has 5 aliphatic carbocycles. The molecule has 45 heavy (non-hydrogen) atoms. The number of nitrogens with two attached hydrogens (primary N) is 2. The lowest BCUT2D eigenvalue weighted by Gasteiger charge is -2.71. The predicted molar refractivity (Wildman–Crippen MR) is 180 cm³/mol. The Morgan fingerprint density at radius 2 is 1.71 bits per heavy atom. The summed E-state index contributed by atoms with van der Waals surface area (Å²) in [6, 6.07) is 6.88. The zero-order valence-corrected chi connectivity index (χ0v) is 28.3. The lowest BCUT2D eigenvalue weighted by molar-refractivity contribution is -0.179. The van der Waals surface area contributed by atoms with Crippen LogP contribution in [0.25, 0.3) is 6.08 Å². The van der Waals surface area contributed by atoms with Crippen LogP contribution in [-0.4, -0.2) is 22.7 Å². The molecule has 6 rings (SSSR count). The molecule has 0 saturated heterocycles. The zero-order valence-electron chi connectivity index (χ0n) is 28.3. The van der Waals surface area contributed by atoms with E-state index in [0.29, 0.717) is 29.2 Å². The Balaban J connectivity index is 1.49. The Morgan fingerprint density at radius 3 is 2.38 bits per heavy atom. The van der Waals surface area contributed by atoms with Gasteiger partial charge in [-0.05, 0) is 115 Å². The Kier molecular flexibility index (Phi) is 7.49. The molecule has 0 heterocycles. The van der Waals surface area contributed by atoms with Gasteiger partial charge in [-0.25, -0.2) is 4.39 Å². The number of carboxylic acid groups (broad SMARTS) is 1. The summed E-state index contributed by atoms with van der Waals surface area (Å²) in [7, 11) is 0. The van der Waals surface area contributed by atoms with E-state index in [-0.39, 0.29) is 39.4 Å². The highest BCUT2D eigenvalue weighted by Gasteiger charge is 2.69. The van der Waals surface area contributed by atoms with E-state index in [1.165, 1.54) is 11.6 Å². The highest BCUT2D eigenvalue weighted by atomic mass is 19.1. The fraction of sp³-hybridized carbons (Fsp3) is 0.658. The molecule has 0 aromatic heterocycles. The van der Waals surface area contributed by atoms with Crippen LogP contribution in [0.4, 0.5) is 4.39 Å². The monoisotopic (exact) mass is 616 g/mol. The van der Waals surface area contributed by atoms with E-state index in [0.717, 1.165) is 62.7 Å². The van der Waals surface area contributed by atoms with Crippen molar-refractivity contribution in [3.8, 4) is 0 Å². The van der Waals surface area contributed by atoms with Crippen molar-refractivity contribution in [1.82, 2.24) is 0 Å². The number of hydrogen-bond acceptors (Lipinski definition) is 3. The molecule has 9 atom stereocenters. The number of rotatable bonds is 3. The molecule has 1 aromatic rings. The third kappa shape index (κ3) is 4.41. The van der Waals surface area contributed by atoms with Crippen LogP contribution < -0.4 is 11.5 Å². The summed E-state index contributed by atoms with van der Waals surface area (Å²) in [5.74, 6) is 0.681. The highest BCUT2D eigenvalue weighted by molar-refractivity contribution is 6.08. The summed E-state index contributed by atoms with van der Waals surface area (Å²) < 4.78 is 15.1. The summed E-state index contributed by atoms with van der Waals surface area (Å²) in [6.07, 6.45) is 11.7.